The molecule has 7 aromatic carbocycles. The summed E-state index contributed by atoms with van der Waals surface area (Å²) < 4.78 is 2.42. The lowest BCUT2D eigenvalue weighted by Crippen LogP contribution is -2.17. The van der Waals surface area contributed by atoms with Gasteiger partial charge in [0.25, 0.3) is 0 Å². The van der Waals surface area contributed by atoms with Crippen molar-refractivity contribution in [1.29, 1.82) is 0 Å². The maximum absolute atomic E-state index is 2.42. The van der Waals surface area contributed by atoms with E-state index in [0.717, 1.165) is 5.69 Å². The summed E-state index contributed by atoms with van der Waals surface area (Å²) in [4.78, 5) is 2.41. The van der Waals surface area contributed by atoms with Crippen LogP contribution in [0, 0.1) is 0 Å². The van der Waals surface area contributed by atoms with Gasteiger partial charge in [-0.05, 0) is 82.2 Å². The number of anilines is 3. The van der Waals surface area contributed by atoms with E-state index in [-0.39, 0.29) is 5.41 Å². The standard InChI is InChI=1S/C43H32N2/c1-43(2)38-27-31(44(30-15-4-3-5-16-30)40-22-12-14-29-13-6-7-17-33(29)40)23-25-34(38)35-26-24-32(28-39(35)43)45-41-20-10-8-18-36(41)37-19-9-11-21-42(37)45/h3-28H,1-2H3. The van der Waals surface area contributed by atoms with Crippen molar-refractivity contribution in [3.8, 4) is 16.8 Å². The van der Waals surface area contributed by atoms with Crippen LogP contribution in [0.15, 0.2) is 158 Å². The van der Waals surface area contributed by atoms with E-state index in [1.54, 1.807) is 0 Å². The Morgan fingerprint density at radius 2 is 1.04 bits per heavy atom. The van der Waals surface area contributed by atoms with E-state index in [1.807, 2.05) is 0 Å². The van der Waals surface area contributed by atoms with Crippen LogP contribution in [0.5, 0.6) is 0 Å². The first-order chi connectivity index (χ1) is 22.1. The Labute approximate surface area is 263 Å². The molecule has 1 aliphatic carbocycles. The Bertz CT molecular complexity index is 2350. The third-order valence-corrected chi connectivity index (χ3v) is 9.76. The second-order valence-corrected chi connectivity index (χ2v) is 12.6. The molecule has 1 heterocycles. The minimum absolute atomic E-state index is 0.170. The lowest BCUT2D eigenvalue weighted by Gasteiger charge is -2.29. The molecule has 0 aliphatic heterocycles. The number of nitrogens with zero attached hydrogens (tertiary/aromatic N) is 2. The molecule has 0 amide bonds. The van der Waals surface area contributed by atoms with Gasteiger partial charge in [0, 0.05) is 38.6 Å². The summed E-state index contributed by atoms with van der Waals surface area (Å²) in [5.41, 5.74) is 12.4. The molecule has 1 aliphatic rings. The van der Waals surface area contributed by atoms with E-state index in [2.05, 4.69) is 181 Å². The Morgan fingerprint density at radius 3 is 1.78 bits per heavy atom. The predicted molar refractivity (Wildman–Crippen MR) is 191 cm³/mol. The predicted octanol–water partition coefficient (Wildman–Crippen LogP) is 11.7. The molecule has 0 spiro atoms. The highest BCUT2D eigenvalue weighted by Gasteiger charge is 2.36. The Morgan fingerprint density at radius 1 is 0.467 bits per heavy atom. The van der Waals surface area contributed by atoms with Crippen LogP contribution in [0.25, 0.3) is 49.4 Å². The van der Waals surface area contributed by atoms with Crippen LogP contribution >= 0.6 is 0 Å². The highest BCUT2D eigenvalue weighted by molar-refractivity contribution is 6.09. The van der Waals surface area contributed by atoms with E-state index in [1.165, 1.54) is 71.9 Å². The van der Waals surface area contributed by atoms with E-state index in [0.29, 0.717) is 0 Å². The molecule has 2 heteroatoms. The van der Waals surface area contributed by atoms with E-state index < -0.39 is 0 Å². The van der Waals surface area contributed by atoms with Crippen LogP contribution in [0.1, 0.15) is 25.0 Å². The number of benzene rings is 7. The van der Waals surface area contributed by atoms with Crippen molar-refractivity contribution in [2.45, 2.75) is 19.3 Å². The smallest absolute Gasteiger partial charge is 0.0541 e. The molecular weight excluding hydrogens is 544 g/mol. The molecular formula is C43H32N2. The summed E-state index contributed by atoms with van der Waals surface area (Å²) in [6, 6.07) is 57.6. The molecule has 2 nitrogen and oxygen atoms in total. The van der Waals surface area contributed by atoms with Crippen molar-refractivity contribution >= 4 is 49.6 Å². The molecule has 1 aromatic heterocycles. The van der Waals surface area contributed by atoms with Crippen LogP contribution in [0.3, 0.4) is 0 Å². The van der Waals surface area contributed by atoms with Crippen LogP contribution in [0.2, 0.25) is 0 Å². The lowest BCUT2D eigenvalue weighted by atomic mass is 9.82. The SMILES string of the molecule is CC1(C)c2cc(N(c3ccccc3)c3cccc4ccccc34)ccc2-c2ccc(-n3c4ccccc4c4ccccc43)cc21. The molecule has 0 radical (unpaired) electrons. The highest BCUT2D eigenvalue weighted by atomic mass is 15.1. The fourth-order valence-corrected chi connectivity index (χ4v) is 7.60. The Hall–Kier alpha value is -5.60. The van der Waals surface area contributed by atoms with E-state index >= 15 is 0 Å². The highest BCUT2D eigenvalue weighted by Crippen LogP contribution is 2.52. The molecule has 45 heavy (non-hydrogen) atoms. The van der Waals surface area contributed by atoms with Gasteiger partial charge in [0.05, 0.1) is 16.7 Å². The normalized spacial score (nSPS) is 13.3. The summed E-state index contributed by atoms with van der Waals surface area (Å²) in [6.45, 7) is 4.75. The van der Waals surface area contributed by atoms with E-state index in [9.17, 15) is 0 Å². The molecule has 0 atom stereocenters. The zero-order chi connectivity index (χ0) is 30.1. The first-order valence-electron chi connectivity index (χ1n) is 15.7. The maximum atomic E-state index is 2.42. The second kappa shape index (κ2) is 9.70. The molecule has 214 valence electrons. The zero-order valence-electron chi connectivity index (χ0n) is 25.4. The second-order valence-electron chi connectivity index (χ2n) is 12.6. The fourth-order valence-electron chi connectivity index (χ4n) is 7.60. The minimum atomic E-state index is -0.170. The number of fused-ring (bicyclic) bond motifs is 7. The van der Waals surface area contributed by atoms with Gasteiger partial charge in [-0.15, -0.1) is 0 Å². The van der Waals surface area contributed by atoms with Crippen LogP contribution in [-0.4, -0.2) is 4.57 Å². The summed E-state index contributed by atoms with van der Waals surface area (Å²) in [7, 11) is 0. The van der Waals surface area contributed by atoms with Crippen molar-refractivity contribution in [1.82, 2.24) is 4.57 Å². The number of aromatic nitrogens is 1. The van der Waals surface area contributed by atoms with Gasteiger partial charge in [0.2, 0.25) is 0 Å². The van der Waals surface area contributed by atoms with Crippen LogP contribution in [-0.2, 0) is 5.41 Å². The molecule has 0 bridgehead atoms. The van der Waals surface area contributed by atoms with Gasteiger partial charge in [0.1, 0.15) is 0 Å². The minimum Gasteiger partial charge on any atom is -0.310 e. The Balaban J connectivity index is 1.21. The monoisotopic (exact) mass is 576 g/mol. The molecule has 0 N–H and O–H groups in total. The summed E-state index contributed by atoms with van der Waals surface area (Å²) >= 11 is 0. The largest absolute Gasteiger partial charge is 0.310 e. The number of para-hydroxylation sites is 3. The third-order valence-electron chi connectivity index (χ3n) is 9.76. The van der Waals surface area contributed by atoms with Crippen molar-refractivity contribution in [2.75, 3.05) is 4.90 Å². The molecule has 8 aromatic rings. The van der Waals surface area contributed by atoms with Gasteiger partial charge in [-0.3, -0.25) is 0 Å². The van der Waals surface area contributed by atoms with Crippen LogP contribution in [0.4, 0.5) is 17.1 Å². The van der Waals surface area contributed by atoms with E-state index in [4.69, 9.17) is 0 Å². The first kappa shape index (κ1) is 25.9. The van der Waals surface area contributed by atoms with Gasteiger partial charge < -0.3 is 9.47 Å². The summed E-state index contributed by atoms with van der Waals surface area (Å²) in [5.74, 6) is 0. The molecule has 0 unspecified atom stereocenters. The zero-order valence-corrected chi connectivity index (χ0v) is 25.4. The average Bonchev–Trinajstić information content (AvgIpc) is 3.54. The topological polar surface area (TPSA) is 8.17 Å². The molecule has 0 fully saturated rings. The van der Waals surface area contributed by atoms with Gasteiger partial charge in [-0.1, -0.05) is 117 Å². The first-order valence-corrected chi connectivity index (χ1v) is 15.7. The maximum Gasteiger partial charge on any atom is 0.0541 e. The van der Waals surface area contributed by atoms with Gasteiger partial charge in [-0.2, -0.15) is 0 Å². The van der Waals surface area contributed by atoms with Crippen molar-refractivity contribution in [3.63, 3.8) is 0 Å². The van der Waals surface area contributed by atoms with Gasteiger partial charge >= 0.3 is 0 Å². The van der Waals surface area contributed by atoms with Crippen molar-refractivity contribution < 1.29 is 0 Å². The fraction of sp³-hybridized carbons (Fsp3) is 0.0698. The van der Waals surface area contributed by atoms with Gasteiger partial charge in [0.15, 0.2) is 0 Å². The molecule has 0 saturated carbocycles. The number of hydrogen-bond acceptors (Lipinski definition) is 1. The average molecular weight is 577 g/mol. The van der Waals surface area contributed by atoms with Crippen molar-refractivity contribution in [3.05, 3.63) is 169 Å². The lowest BCUT2D eigenvalue weighted by molar-refractivity contribution is 0.660. The van der Waals surface area contributed by atoms with Crippen molar-refractivity contribution in [2.24, 2.45) is 0 Å². The number of rotatable bonds is 4. The molecule has 9 rings (SSSR count). The Kier molecular flexibility index (Phi) is 5.58. The quantitative estimate of drug-likeness (QED) is 0.202. The summed E-state index contributed by atoms with van der Waals surface area (Å²) in [6.07, 6.45) is 0. The summed E-state index contributed by atoms with van der Waals surface area (Å²) in [5, 5.41) is 5.05. The van der Waals surface area contributed by atoms with Gasteiger partial charge in [-0.25, -0.2) is 0 Å². The molecule has 0 saturated heterocycles. The third kappa shape index (κ3) is 3.82. The van der Waals surface area contributed by atoms with Crippen LogP contribution < -0.4 is 4.90 Å². The number of hydrogen-bond donors (Lipinski definition) is 0.